The highest BCUT2D eigenvalue weighted by Crippen LogP contribution is 2.23. The third-order valence-corrected chi connectivity index (χ3v) is 4.75. The molecule has 8 nitrogen and oxygen atoms in total. The van der Waals surface area contributed by atoms with Gasteiger partial charge in [-0.05, 0) is 23.1 Å². The second-order valence-electron chi connectivity index (χ2n) is 5.32. The third-order valence-electron chi connectivity index (χ3n) is 3.74. The van der Waals surface area contributed by atoms with Gasteiger partial charge in [-0.2, -0.15) is 0 Å². The van der Waals surface area contributed by atoms with Gasteiger partial charge in [0.2, 0.25) is 0 Å². The summed E-state index contributed by atoms with van der Waals surface area (Å²) in [5.74, 6) is 0.152. The summed E-state index contributed by atoms with van der Waals surface area (Å²) in [4.78, 5) is 23.2. The Kier molecular flexibility index (Phi) is 4.45. The first-order chi connectivity index (χ1) is 11.5. The molecule has 0 bridgehead atoms. The van der Waals surface area contributed by atoms with Crippen LogP contribution >= 0.6 is 0 Å². The van der Waals surface area contributed by atoms with Crippen LogP contribution in [0.1, 0.15) is 30.0 Å². The second kappa shape index (κ2) is 6.54. The van der Waals surface area contributed by atoms with Crippen LogP contribution in [0.3, 0.4) is 0 Å². The van der Waals surface area contributed by atoms with Crippen molar-refractivity contribution in [3.05, 3.63) is 52.2 Å². The monoisotopic (exact) mass is 346 g/mol. The molecule has 0 saturated heterocycles. The van der Waals surface area contributed by atoms with Crippen LogP contribution in [-0.2, 0) is 17.6 Å². The number of rotatable bonds is 5. The molecule has 0 saturated carbocycles. The second-order valence-corrected chi connectivity index (χ2v) is 6.41. The molecule has 2 heterocycles. The van der Waals surface area contributed by atoms with Crippen LogP contribution in [0, 0.1) is 0 Å². The normalized spacial score (nSPS) is 13.9. The smallest absolute Gasteiger partial charge is 0.328 e. The van der Waals surface area contributed by atoms with Crippen LogP contribution in [-0.4, -0.2) is 28.3 Å². The first-order valence-electron chi connectivity index (χ1n) is 7.39. The SMILES string of the molecule is CCC(c1nc(N)c2[nH]c(=O)n(Cc3ccccc3)c2n1)S(=O)[O-]. The molecule has 0 fully saturated rings. The summed E-state index contributed by atoms with van der Waals surface area (Å²) in [6, 6.07) is 9.40. The highest BCUT2D eigenvalue weighted by atomic mass is 32.2. The molecule has 3 rings (SSSR count). The number of anilines is 1. The lowest BCUT2D eigenvalue weighted by Gasteiger charge is -2.16. The molecule has 0 aliphatic carbocycles. The van der Waals surface area contributed by atoms with Gasteiger partial charge in [-0.3, -0.25) is 8.78 Å². The lowest BCUT2D eigenvalue weighted by atomic mass is 10.2. The van der Waals surface area contributed by atoms with Gasteiger partial charge in [0.05, 0.1) is 11.8 Å². The molecule has 0 aliphatic heterocycles. The van der Waals surface area contributed by atoms with E-state index in [0.717, 1.165) is 5.56 Å². The lowest BCUT2D eigenvalue weighted by Crippen LogP contribution is -2.18. The Morgan fingerprint density at radius 2 is 2.04 bits per heavy atom. The Bertz CT molecular complexity index is 951. The highest BCUT2D eigenvalue weighted by Gasteiger charge is 2.19. The molecule has 9 heteroatoms. The van der Waals surface area contributed by atoms with Gasteiger partial charge < -0.3 is 15.3 Å². The largest absolute Gasteiger partial charge is 0.772 e. The van der Waals surface area contributed by atoms with E-state index in [9.17, 15) is 13.6 Å². The van der Waals surface area contributed by atoms with Crippen molar-refractivity contribution in [2.75, 3.05) is 5.73 Å². The van der Waals surface area contributed by atoms with Gasteiger partial charge in [-0.15, -0.1) is 0 Å². The third kappa shape index (κ3) is 2.95. The maximum atomic E-state index is 12.2. The minimum atomic E-state index is -2.37. The molecule has 3 N–H and O–H groups in total. The zero-order valence-electron chi connectivity index (χ0n) is 12.9. The summed E-state index contributed by atoms with van der Waals surface area (Å²) < 4.78 is 24.1. The number of aromatic amines is 1. The van der Waals surface area contributed by atoms with Crippen molar-refractivity contribution in [2.24, 2.45) is 0 Å². The summed E-state index contributed by atoms with van der Waals surface area (Å²) in [5.41, 5.74) is 7.05. The molecule has 24 heavy (non-hydrogen) atoms. The Hall–Kier alpha value is -2.52. The van der Waals surface area contributed by atoms with Crippen LogP contribution in [0.2, 0.25) is 0 Å². The number of nitrogens with two attached hydrogens (primary N) is 1. The molecule has 0 aliphatic rings. The van der Waals surface area contributed by atoms with Crippen LogP contribution < -0.4 is 11.4 Å². The zero-order valence-corrected chi connectivity index (χ0v) is 13.7. The van der Waals surface area contributed by atoms with Crippen molar-refractivity contribution in [3.8, 4) is 0 Å². The number of hydrogen-bond acceptors (Lipinski definition) is 6. The first-order valence-corrected chi connectivity index (χ1v) is 8.53. The predicted molar refractivity (Wildman–Crippen MR) is 90.1 cm³/mol. The summed E-state index contributed by atoms with van der Waals surface area (Å²) in [6.07, 6.45) is 0.314. The number of nitrogens with zero attached hydrogens (tertiary/aromatic N) is 3. The van der Waals surface area contributed by atoms with Crippen LogP contribution in [0.15, 0.2) is 35.1 Å². The molecule has 0 spiro atoms. The number of hydrogen-bond donors (Lipinski definition) is 2. The van der Waals surface area contributed by atoms with Crippen LogP contribution in [0.25, 0.3) is 11.2 Å². The van der Waals surface area contributed by atoms with E-state index in [1.165, 1.54) is 4.57 Å². The average Bonchev–Trinajstić information content (AvgIpc) is 2.86. The van der Waals surface area contributed by atoms with Crippen molar-refractivity contribution in [1.82, 2.24) is 19.5 Å². The molecule has 2 atom stereocenters. The van der Waals surface area contributed by atoms with E-state index in [2.05, 4.69) is 15.0 Å². The number of nitrogen functional groups attached to an aromatic ring is 1. The average molecular weight is 346 g/mol. The number of imidazole rings is 1. The van der Waals surface area contributed by atoms with E-state index < -0.39 is 16.3 Å². The maximum Gasteiger partial charge on any atom is 0.328 e. The Labute approximate surface area is 140 Å². The lowest BCUT2D eigenvalue weighted by molar-refractivity contribution is 0.518. The minimum absolute atomic E-state index is 0.0582. The molecular formula is C15H16N5O3S-. The summed E-state index contributed by atoms with van der Waals surface area (Å²) >= 11 is -2.37. The van der Waals surface area contributed by atoms with Crippen molar-refractivity contribution < 1.29 is 8.76 Å². The van der Waals surface area contributed by atoms with Gasteiger partial charge in [0, 0.05) is 0 Å². The molecule has 1 aromatic carbocycles. The number of aromatic nitrogens is 4. The van der Waals surface area contributed by atoms with Crippen molar-refractivity contribution in [3.63, 3.8) is 0 Å². The van der Waals surface area contributed by atoms with Gasteiger partial charge in [0.15, 0.2) is 11.5 Å². The summed E-state index contributed by atoms with van der Waals surface area (Å²) in [5, 5.41) is -0.869. The first kappa shape index (κ1) is 16.3. The number of fused-ring (bicyclic) bond motifs is 1. The zero-order chi connectivity index (χ0) is 17.3. The van der Waals surface area contributed by atoms with E-state index >= 15 is 0 Å². The van der Waals surface area contributed by atoms with E-state index in [-0.39, 0.29) is 17.3 Å². The van der Waals surface area contributed by atoms with Gasteiger partial charge in [0.25, 0.3) is 0 Å². The minimum Gasteiger partial charge on any atom is -0.772 e. The maximum absolute atomic E-state index is 12.2. The van der Waals surface area contributed by atoms with Crippen molar-refractivity contribution >= 4 is 28.1 Å². The Morgan fingerprint density at radius 1 is 1.33 bits per heavy atom. The quantitative estimate of drug-likeness (QED) is 0.665. The molecular weight excluding hydrogens is 330 g/mol. The number of nitrogens with one attached hydrogen (secondary N) is 1. The standard InChI is InChI=1S/C15H17N5O3S/c1-2-10(24(22)23)13-18-12(16)11-14(19-13)20(15(21)17-11)8-9-6-4-3-5-7-9/h3-7,10H,2,8H2,1H3,(H,17,21)(H,22,23)(H2,16,18,19)/p-1. The molecule has 2 aromatic heterocycles. The summed E-state index contributed by atoms with van der Waals surface area (Å²) in [6.45, 7) is 2.02. The van der Waals surface area contributed by atoms with E-state index in [4.69, 9.17) is 5.73 Å². The van der Waals surface area contributed by atoms with E-state index in [0.29, 0.717) is 24.1 Å². The molecule has 0 radical (unpaired) electrons. The van der Waals surface area contributed by atoms with Gasteiger partial charge in [-0.1, -0.05) is 37.3 Å². The Morgan fingerprint density at radius 3 is 2.67 bits per heavy atom. The van der Waals surface area contributed by atoms with Crippen LogP contribution in [0.5, 0.6) is 0 Å². The topological polar surface area (TPSA) is 130 Å². The Balaban J connectivity index is 2.16. The predicted octanol–water partition coefficient (Wildman–Crippen LogP) is 1.08. The number of H-pyrrole nitrogens is 1. The fraction of sp³-hybridized carbons (Fsp3) is 0.267. The van der Waals surface area contributed by atoms with E-state index in [1.807, 2.05) is 30.3 Å². The van der Waals surface area contributed by atoms with Gasteiger partial charge >= 0.3 is 5.69 Å². The highest BCUT2D eigenvalue weighted by molar-refractivity contribution is 7.79. The number of benzene rings is 1. The molecule has 3 aromatic rings. The fourth-order valence-electron chi connectivity index (χ4n) is 2.53. The fourth-order valence-corrected chi connectivity index (χ4v) is 3.08. The van der Waals surface area contributed by atoms with Gasteiger partial charge in [0.1, 0.15) is 11.3 Å². The summed E-state index contributed by atoms with van der Waals surface area (Å²) in [7, 11) is 0. The molecule has 0 amide bonds. The molecule has 126 valence electrons. The van der Waals surface area contributed by atoms with Crippen molar-refractivity contribution in [2.45, 2.75) is 25.1 Å². The molecule has 2 unspecified atom stereocenters. The van der Waals surface area contributed by atoms with Crippen LogP contribution in [0.4, 0.5) is 5.82 Å². The van der Waals surface area contributed by atoms with Gasteiger partial charge in [-0.25, -0.2) is 14.8 Å². The van der Waals surface area contributed by atoms with Crippen molar-refractivity contribution in [1.29, 1.82) is 0 Å². The van der Waals surface area contributed by atoms with E-state index in [1.54, 1.807) is 6.92 Å².